The molecule has 0 aromatic heterocycles. The van der Waals surface area contributed by atoms with E-state index in [2.05, 4.69) is 152 Å². The Labute approximate surface area is 402 Å². The molecule has 0 fully saturated rings. The van der Waals surface area contributed by atoms with Gasteiger partial charge in [-0.1, -0.05) is 140 Å². The Kier molecular flexibility index (Phi) is 13.7. The quantitative estimate of drug-likeness (QED) is 0.0555. The normalized spacial score (nSPS) is 14.1. The molecule has 0 saturated carbocycles. The minimum atomic E-state index is -0.618. The number of ether oxygens (including phenoxy) is 1. The van der Waals surface area contributed by atoms with Gasteiger partial charge in [-0.25, -0.2) is 0 Å². The van der Waals surface area contributed by atoms with E-state index in [1.165, 1.54) is 43.2 Å². The van der Waals surface area contributed by atoms with E-state index >= 15 is 0 Å². The second-order valence-electron chi connectivity index (χ2n) is 21.0. The van der Waals surface area contributed by atoms with Crippen molar-refractivity contribution in [3.63, 3.8) is 0 Å². The Bertz CT molecular complexity index is 2700. The number of hydrogen-bond acceptors (Lipinski definition) is 6. The third-order valence-electron chi connectivity index (χ3n) is 14.1. The van der Waals surface area contributed by atoms with Crippen molar-refractivity contribution in [2.75, 3.05) is 26.3 Å². The van der Waals surface area contributed by atoms with Crippen LogP contribution in [-0.4, -0.2) is 64.8 Å². The third-order valence-corrected chi connectivity index (χ3v) is 14.1. The van der Waals surface area contributed by atoms with Crippen molar-refractivity contribution < 1.29 is 29.0 Å². The van der Waals surface area contributed by atoms with Crippen molar-refractivity contribution in [2.45, 2.75) is 116 Å². The Hall–Kier alpha value is -6.38. The minimum absolute atomic E-state index is 0.0104. The van der Waals surface area contributed by atoms with Gasteiger partial charge < -0.3 is 9.84 Å². The van der Waals surface area contributed by atoms with Crippen LogP contribution in [0.2, 0.25) is 0 Å². The molecule has 2 heterocycles. The number of hydrogen-bond donors (Lipinski definition) is 1. The van der Waals surface area contributed by atoms with Crippen LogP contribution in [0.4, 0.5) is 0 Å². The molecule has 0 radical (unpaired) electrons. The van der Waals surface area contributed by atoms with Gasteiger partial charge in [-0.05, 0) is 131 Å². The van der Waals surface area contributed by atoms with E-state index < -0.39 is 29.0 Å². The molecule has 8 nitrogen and oxygen atoms in total. The van der Waals surface area contributed by atoms with Gasteiger partial charge in [-0.15, -0.1) is 0 Å². The maximum Gasteiger partial charge on any atom is 0.261 e. The Morgan fingerprint density at radius 2 is 0.779 bits per heavy atom. The summed E-state index contributed by atoms with van der Waals surface area (Å²) in [7, 11) is 0. The van der Waals surface area contributed by atoms with E-state index in [0.717, 1.165) is 24.2 Å². The standard InChI is InChI=1S/C60H66N2O6/c1-39(2)40-15-17-43(18-16-40)60(44-23-19-41(20-24-44)58(3,4)5,45-25-21-42(22-26-45)59(6,7)8)46-27-29-47(30-28-46)68-38-14-10-12-36-62-56(66)50-33-31-48-52-49(32-34-51(53(50)52)57(62)67)55(65)61(54(48)64)35-11-9-13-37-63/h15-34,39,63H,9-14,35-38H2,1-8H3. The van der Waals surface area contributed by atoms with Gasteiger partial charge in [0.2, 0.25) is 0 Å². The Morgan fingerprint density at radius 1 is 0.441 bits per heavy atom. The number of nitrogens with zero attached hydrogens (tertiary/aromatic N) is 2. The molecule has 0 aliphatic carbocycles. The molecule has 1 N–H and O–H groups in total. The van der Waals surface area contributed by atoms with Crippen LogP contribution in [0, 0.1) is 0 Å². The fourth-order valence-electron chi connectivity index (χ4n) is 10.0. The van der Waals surface area contributed by atoms with Crippen LogP contribution in [0.5, 0.6) is 5.75 Å². The van der Waals surface area contributed by atoms with E-state index in [1.807, 2.05) is 0 Å². The topological polar surface area (TPSA) is 104 Å². The number of rotatable bonds is 17. The zero-order valence-corrected chi connectivity index (χ0v) is 41.1. The van der Waals surface area contributed by atoms with Crippen molar-refractivity contribution in [1.29, 1.82) is 0 Å². The molecule has 0 bridgehead atoms. The molecule has 0 saturated heterocycles. The number of aliphatic hydroxyl groups is 1. The van der Waals surface area contributed by atoms with Crippen molar-refractivity contribution in [3.8, 4) is 5.75 Å². The number of carbonyl (C=O) groups excluding carboxylic acids is 4. The van der Waals surface area contributed by atoms with Crippen molar-refractivity contribution >= 4 is 34.4 Å². The summed E-state index contributed by atoms with van der Waals surface area (Å²) in [6.45, 7) is 19.0. The van der Waals surface area contributed by atoms with E-state index in [4.69, 9.17) is 9.84 Å². The van der Waals surface area contributed by atoms with Gasteiger partial charge in [-0.2, -0.15) is 0 Å². The van der Waals surface area contributed by atoms with Crippen molar-refractivity contribution in [2.24, 2.45) is 0 Å². The van der Waals surface area contributed by atoms with Gasteiger partial charge in [0.05, 0.1) is 12.0 Å². The molecule has 6 aromatic carbocycles. The van der Waals surface area contributed by atoms with Crippen LogP contribution in [-0.2, 0) is 16.2 Å². The van der Waals surface area contributed by atoms with E-state index in [0.29, 0.717) is 71.2 Å². The van der Waals surface area contributed by atoms with E-state index in [9.17, 15) is 19.2 Å². The lowest BCUT2D eigenvalue weighted by atomic mass is 9.64. The number of imide groups is 2. The van der Waals surface area contributed by atoms with E-state index in [-0.39, 0.29) is 30.5 Å². The first kappa shape index (κ1) is 48.1. The predicted molar refractivity (Wildman–Crippen MR) is 271 cm³/mol. The first-order chi connectivity index (χ1) is 32.5. The summed E-state index contributed by atoms with van der Waals surface area (Å²) in [4.78, 5) is 57.3. The fraction of sp³-hybridized carbons (Fsp3) is 0.367. The first-order valence-corrected chi connectivity index (χ1v) is 24.5. The largest absolute Gasteiger partial charge is 0.494 e. The second-order valence-corrected chi connectivity index (χ2v) is 21.0. The van der Waals surface area contributed by atoms with Gasteiger partial charge in [0.15, 0.2) is 0 Å². The molecule has 0 atom stereocenters. The Morgan fingerprint density at radius 3 is 1.13 bits per heavy atom. The summed E-state index contributed by atoms with van der Waals surface area (Å²) >= 11 is 0. The summed E-state index contributed by atoms with van der Waals surface area (Å²) in [5.41, 5.74) is 9.25. The molecule has 352 valence electrons. The molecule has 8 rings (SSSR count). The summed E-state index contributed by atoms with van der Waals surface area (Å²) in [5.74, 6) is -0.527. The van der Waals surface area contributed by atoms with Crippen LogP contribution < -0.4 is 4.74 Å². The summed E-state index contributed by atoms with van der Waals surface area (Å²) in [5, 5.41) is 9.91. The predicted octanol–water partition coefficient (Wildman–Crippen LogP) is 12.5. The first-order valence-electron chi connectivity index (χ1n) is 24.5. The van der Waals surface area contributed by atoms with Gasteiger partial charge in [0.25, 0.3) is 23.6 Å². The fourth-order valence-corrected chi connectivity index (χ4v) is 10.0. The highest BCUT2D eigenvalue weighted by molar-refractivity contribution is 6.33. The number of benzene rings is 6. The number of amides is 4. The molecular formula is C60H66N2O6. The van der Waals surface area contributed by atoms with Crippen LogP contribution in [0.15, 0.2) is 121 Å². The van der Waals surface area contributed by atoms with Crippen LogP contribution >= 0.6 is 0 Å². The van der Waals surface area contributed by atoms with Gasteiger partial charge >= 0.3 is 0 Å². The van der Waals surface area contributed by atoms with Crippen LogP contribution in [0.25, 0.3) is 10.8 Å². The average molecular weight is 911 g/mol. The molecule has 0 spiro atoms. The molecule has 68 heavy (non-hydrogen) atoms. The van der Waals surface area contributed by atoms with Gasteiger partial charge in [-0.3, -0.25) is 29.0 Å². The zero-order chi connectivity index (χ0) is 48.5. The minimum Gasteiger partial charge on any atom is -0.494 e. The van der Waals surface area contributed by atoms with Crippen molar-refractivity contribution in [3.05, 3.63) is 183 Å². The Balaban J connectivity index is 0.974. The maximum atomic E-state index is 13.9. The molecule has 0 unspecified atom stereocenters. The van der Waals surface area contributed by atoms with Crippen LogP contribution in [0.1, 0.15) is 180 Å². The average Bonchev–Trinajstić information content (AvgIpc) is 3.32. The number of unbranched alkanes of at least 4 members (excludes halogenated alkanes) is 4. The lowest BCUT2D eigenvalue weighted by Gasteiger charge is -2.38. The highest BCUT2D eigenvalue weighted by Gasteiger charge is 2.41. The number of carbonyl (C=O) groups is 4. The molecular weight excluding hydrogens is 845 g/mol. The van der Waals surface area contributed by atoms with Crippen molar-refractivity contribution in [1.82, 2.24) is 9.80 Å². The smallest absolute Gasteiger partial charge is 0.261 e. The summed E-state index contributed by atoms with van der Waals surface area (Å²) < 4.78 is 6.34. The summed E-state index contributed by atoms with van der Waals surface area (Å²) in [6.07, 6.45) is 3.91. The van der Waals surface area contributed by atoms with E-state index in [1.54, 1.807) is 24.3 Å². The molecule has 8 heteroatoms. The highest BCUT2D eigenvalue weighted by atomic mass is 16.5. The zero-order valence-electron chi connectivity index (χ0n) is 41.1. The molecule has 2 aliphatic heterocycles. The third kappa shape index (κ3) is 9.03. The SMILES string of the molecule is CC(C)c1ccc(C(c2ccc(OCCCCCN3C(=O)c4ccc5c6c(ccc(c46)C3=O)C(=O)N(CCCCCO)C5=O)cc2)(c2ccc(C(C)(C)C)cc2)c2ccc(C(C)(C)C)cc2)cc1. The van der Waals surface area contributed by atoms with Gasteiger partial charge in [0, 0.05) is 52.7 Å². The van der Waals surface area contributed by atoms with Gasteiger partial charge in [0.1, 0.15) is 5.75 Å². The lowest BCUT2D eigenvalue weighted by Crippen LogP contribution is -2.43. The summed E-state index contributed by atoms with van der Waals surface area (Å²) in [6, 6.07) is 42.4. The maximum absolute atomic E-state index is 13.9. The highest BCUT2D eigenvalue weighted by Crippen LogP contribution is 2.47. The lowest BCUT2D eigenvalue weighted by molar-refractivity contribution is 0.0585. The second kappa shape index (κ2) is 19.3. The molecule has 6 aromatic rings. The monoisotopic (exact) mass is 910 g/mol. The number of aliphatic hydroxyl groups excluding tert-OH is 1. The van der Waals surface area contributed by atoms with Crippen LogP contribution in [0.3, 0.4) is 0 Å². The molecule has 2 aliphatic rings. The molecule has 4 amide bonds.